The van der Waals surface area contributed by atoms with Crippen LogP contribution in [0, 0.1) is 35.5 Å². The van der Waals surface area contributed by atoms with Gasteiger partial charge in [0.15, 0.2) is 0 Å². The fourth-order valence-corrected chi connectivity index (χ4v) is 4.94. The summed E-state index contributed by atoms with van der Waals surface area (Å²) in [4.78, 5) is 0. The van der Waals surface area contributed by atoms with Crippen molar-refractivity contribution >= 4 is 0 Å². The van der Waals surface area contributed by atoms with Crippen LogP contribution in [0.5, 0.6) is 0 Å². The number of rotatable bonds is 0. The Hall–Kier alpha value is -0.520. The average Bonchev–Trinajstić information content (AvgIpc) is 2.45. The van der Waals surface area contributed by atoms with E-state index in [2.05, 4.69) is 12.2 Å². The molecule has 54 valence electrons. The van der Waals surface area contributed by atoms with E-state index >= 15 is 0 Å². The third-order valence-corrected chi connectivity index (χ3v) is 5.08. The van der Waals surface area contributed by atoms with E-state index in [0.29, 0.717) is 0 Å². The number of hydrogen-bond donors (Lipinski definition) is 0. The van der Waals surface area contributed by atoms with Crippen molar-refractivity contribution in [1.82, 2.24) is 0 Å². The summed E-state index contributed by atoms with van der Waals surface area (Å²) in [5.74, 6) is 6.43. The van der Waals surface area contributed by atoms with Crippen LogP contribution in [0.15, 0.2) is 23.3 Å². The third kappa shape index (κ3) is 0.235. The maximum Gasteiger partial charge on any atom is -0.00563 e. The van der Waals surface area contributed by atoms with Gasteiger partial charge in [0, 0.05) is 0 Å². The average molecular weight is 142 g/mol. The standard InChI is InChI=1S/C11H10/c1-4-5-2-9-8(1)10-6(4)3-7(5)11(9)10/h1-2,4-7,10-11H,3H2. The Morgan fingerprint density at radius 3 is 2.00 bits per heavy atom. The van der Waals surface area contributed by atoms with E-state index < -0.39 is 0 Å². The molecule has 2 bridgehead atoms. The minimum Gasteiger partial charge on any atom is -0.0767 e. The van der Waals surface area contributed by atoms with E-state index in [-0.39, 0.29) is 0 Å². The fraction of sp³-hybridized carbons (Fsp3) is 0.636. The molecule has 0 heterocycles. The van der Waals surface area contributed by atoms with Crippen molar-refractivity contribution in [1.29, 1.82) is 0 Å². The summed E-state index contributed by atoms with van der Waals surface area (Å²) in [6.07, 6.45) is 6.82. The van der Waals surface area contributed by atoms with Crippen LogP contribution in [0.2, 0.25) is 0 Å². The Morgan fingerprint density at radius 2 is 1.45 bits per heavy atom. The van der Waals surface area contributed by atoms with Crippen molar-refractivity contribution in [2.75, 3.05) is 0 Å². The minimum absolute atomic E-state index is 1.02. The molecule has 0 aliphatic heterocycles. The summed E-state index contributed by atoms with van der Waals surface area (Å²) >= 11 is 0. The smallest absolute Gasteiger partial charge is 0.00563 e. The van der Waals surface area contributed by atoms with E-state index in [0.717, 1.165) is 35.5 Å². The van der Waals surface area contributed by atoms with Crippen molar-refractivity contribution in [3.8, 4) is 0 Å². The van der Waals surface area contributed by atoms with Gasteiger partial charge in [0.25, 0.3) is 0 Å². The molecular weight excluding hydrogens is 132 g/mol. The Morgan fingerprint density at radius 1 is 0.909 bits per heavy atom. The van der Waals surface area contributed by atoms with Gasteiger partial charge in [-0.25, -0.2) is 0 Å². The molecule has 0 aromatic rings. The second-order valence-electron chi connectivity index (χ2n) is 5.01. The highest BCUT2D eigenvalue weighted by atomic mass is 14.7. The summed E-state index contributed by atoms with van der Waals surface area (Å²) in [5.41, 5.74) is 3.59. The number of hydrogen-bond acceptors (Lipinski definition) is 0. The molecule has 0 aromatic carbocycles. The maximum absolute atomic E-state index is 2.62. The zero-order valence-corrected chi connectivity index (χ0v) is 6.33. The van der Waals surface area contributed by atoms with Gasteiger partial charge in [0.05, 0.1) is 0 Å². The first kappa shape index (κ1) is 4.49. The van der Waals surface area contributed by atoms with E-state index in [1.807, 2.05) is 0 Å². The van der Waals surface area contributed by atoms with Crippen LogP contribution in [0.1, 0.15) is 6.42 Å². The molecule has 11 heavy (non-hydrogen) atoms. The van der Waals surface area contributed by atoms with Gasteiger partial charge >= 0.3 is 0 Å². The molecule has 6 unspecified atom stereocenters. The Kier molecular flexibility index (Phi) is 0.397. The number of allylic oxidation sites excluding steroid dienone is 4. The molecule has 3 saturated carbocycles. The van der Waals surface area contributed by atoms with Gasteiger partial charge in [-0.15, -0.1) is 0 Å². The van der Waals surface area contributed by atoms with Crippen molar-refractivity contribution in [3.05, 3.63) is 23.3 Å². The molecule has 5 rings (SSSR count). The molecule has 0 saturated heterocycles. The lowest BCUT2D eigenvalue weighted by Gasteiger charge is -2.38. The zero-order valence-electron chi connectivity index (χ0n) is 6.33. The predicted molar refractivity (Wildman–Crippen MR) is 41.7 cm³/mol. The Labute approximate surface area is 66.0 Å². The topological polar surface area (TPSA) is 0 Å². The van der Waals surface area contributed by atoms with Gasteiger partial charge in [-0.05, 0) is 53.1 Å². The highest BCUT2D eigenvalue weighted by Crippen LogP contribution is 2.78. The third-order valence-electron chi connectivity index (χ3n) is 5.08. The van der Waals surface area contributed by atoms with Crippen LogP contribution < -0.4 is 0 Å². The van der Waals surface area contributed by atoms with Gasteiger partial charge in [-0.1, -0.05) is 12.2 Å². The van der Waals surface area contributed by atoms with E-state index in [9.17, 15) is 0 Å². The van der Waals surface area contributed by atoms with Crippen LogP contribution in [0.4, 0.5) is 0 Å². The van der Waals surface area contributed by atoms with Crippen LogP contribution in [0.3, 0.4) is 0 Å². The molecule has 5 aliphatic rings. The lowest BCUT2D eigenvalue weighted by Crippen LogP contribution is -2.32. The molecular formula is C11H10. The fourth-order valence-electron chi connectivity index (χ4n) is 4.94. The largest absolute Gasteiger partial charge is 0.0767 e. The van der Waals surface area contributed by atoms with E-state index in [4.69, 9.17) is 0 Å². The minimum atomic E-state index is 1.02. The summed E-state index contributed by atoms with van der Waals surface area (Å²) in [6, 6.07) is 0. The van der Waals surface area contributed by atoms with Gasteiger partial charge in [-0.3, -0.25) is 0 Å². The molecule has 0 spiro atoms. The lowest BCUT2D eigenvalue weighted by molar-refractivity contribution is 0.225. The number of fused-ring (bicyclic) bond motifs is 2. The van der Waals surface area contributed by atoms with Crippen molar-refractivity contribution in [2.24, 2.45) is 35.5 Å². The van der Waals surface area contributed by atoms with Crippen molar-refractivity contribution in [3.63, 3.8) is 0 Å². The molecule has 0 amide bonds. The van der Waals surface area contributed by atoms with Crippen LogP contribution in [0.25, 0.3) is 0 Å². The molecule has 3 fully saturated rings. The molecule has 0 radical (unpaired) electrons. The maximum atomic E-state index is 2.62. The molecule has 0 N–H and O–H groups in total. The highest BCUT2D eigenvalue weighted by molar-refractivity contribution is 5.60. The molecule has 5 aliphatic carbocycles. The van der Waals surface area contributed by atoms with Gasteiger partial charge in [0.2, 0.25) is 0 Å². The summed E-state index contributed by atoms with van der Waals surface area (Å²) < 4.78 is 0. The summed E-state index contributed by atoms with van der Waals surface area (Å²) in [5, 5.41) is 0. The summed E-state index contributed by atoms with van der Waals surface area (Å²) in [6.45, 7) is 0. The second-order valence-corrected chi connectivity index (χ2v) is 5.01. The SMILES string of the molecule is C1=C2C3=CC4C1C1CC4C3C21. The van der Waals surface area contributed by atoms with Gasteiger partial charge < -0.3 is 0 Å². The quantitative estimate of drug-likeness (QED) is 0.485. The Balaban J connectivity index is 2.02. The first-order chi connectivity index (χ1) is 5.45. The van der Waals surface area contributed by atoms with Crippen LogP contribution >= 0.6 is 0 Å². The Bertz CT molecular complexity index is 305. The second kappa shape index (κ2) is 0.972. The van der Waals surface area contributed by atoms with Crippen LogP contribution in [-0.2, 0) is 0 Å². The van der Waals surface area contributed by atoms with Gasteiger partial charge in [0.1, 0.15) is 0 Å². The normalized spacial score (nSPS) is 70.5. The predicted octanol–water partition coefficient (Wildman–Crippen LogP) is 1.99. The first-order valence-electron chi connectivity index (χ1n) is 4.89. The highest BCUT2D eigenvalue weighted by Gasteiger charge is 2.70. The van der Waals surface area contributed by atoms with Crippen LogP contribution in [-0.4, -0.2) is 0 Å². The van der Waals surface area contributed by atoms with E-state index in [1.54, 1.807) is 17.6 Å². The zero-order chi connectivity index (χ0) is 6.74. The molecule has 0 aromatic heterocycles. The summed E-state index contributed by atoms with van der Waals surface area (Å²) in [7, 11) is 0. The van der Waals surface area contributed by atoms with Crippen molar-refractivity contribution in [2.45, 2.75) is 6.42 Å². The molecule has 0 nitrogen and oxygen atoms in total. The van der Waals surface area contributed by atoms with E-state index in [1.165, 1.54) is 0 Å². The first-order valence-corrected chi connectivity index (χ1v) is 4.89. The molecule has 0 heteroatoms. The lowest BCUT2D eigenvalue weighted by atomic mass is 9.65. The molecule has 6 atom stereocenters. The monoisotopic (exact) mass is 142 g/mol. The van der Waals surface area contributed by atoms with Gasteiger partial charge in [-0.2, -0.15) is 0 Å². The van der Waals surface area contributed by atoms with Crippen molar-refractivity contribution < 1.29 is 0 Å².